The highest BCUT2D eigenvalue weighted by Gasteiger charge is 2.47. The summed E-state index contributed by atoms with van der Waals surface area (Å²) in [5, 5.41) is 22.5. The monoisotopic (exact) mass is 526 g/mol. The standard InChI is InChI=1S/C22H28F2N6O3S2/c23-22(24)27-4-3-17(25)16-10-28-20(21-26-5-6-34-21)30-11-14(9-18(16)30)29-35(32,33)15-7-12-1-2-13(8-15)19(12)31/h3-6,12-15,19,22,25,27,29,31H,1-2,7-11H2/b4-3-,25-17?. The van der Waals surface area contributed by atoms with Crippen LogP contribution in [0.1, 0.15) is 37.1 Å². The van der Waals surface area contributed by atoms with Crippen molar-refractivity contribution < 1.29 is 22.3 Å². The number of thiazole rings is 1. The van der Waals surface area contributed by atoms with Crippen LogP contribution >= 0.6 is 11.3 Å². The highest BCUT2D eigenvalue weighted by Crippen LogP contribution is 2.44. The minimum atomic E-state index is -3.62. The van der Waals surface area contributed by atoms with Crippen molar-refractivity contribution in [3.63, 3.8) is 0 Å². The van der Waals surface area contributed by atoms with Crippen molar-refractivity contribution in [2.24, 2.45) is 16.8 Å². The van der Waals surface area contributed by atoms with Gasteiger partial charge < -0.3 is 20.7 Å². The van der Waals surface area contributed by atoms with Gasteiger partial charge in [-0.1, -0.05) is 0 Å². The number of nitrogens with one attached hydrogen (secondary N) is 3. The van der Waals surface area contributed by atoms with Crippen LogP contribution in [-0.2, 0) is 10.0 Å². The van der Waals surface area contributed by atoms with Crippen LogP contribution < -0.4 is 10.0 Å². The third kappa shape index (κ3) is 4.91. The SMILES string of the molecule is N=C(/C=C\NC(F)F)C1=C2CC(NS(=O)(=O)C3CC4CCC(C3)C4O)CN2C(c2nccs2)=NC1. The number of aliphatic hydroxyl groups excluding tert-OH is 1. The molecule has 2 aliphatic heterocycles. The fraction of sp³-hybridized carbons (Fsp3) is 0.591. The molecule has 2 bridgehead atoms. The summed E-state index contributed by atoms with van der Waals surface area (Å²) in [5.74, 6) is 0.705. The molecule has 13 heteroatoms. The first kappa shape index (κ1) is 24.5. The van der Waals surface area contributed by atoms with E-state index in [1.165, 1.54) is 17.4 Å². The van der Waals surface area contributed by atoms with Gasteiger partial charge in [0.25, 0.3) is 0 Å². The molecule has 3 atom stereocenters. The molecule has 0 amide bonds. The Morgan fingerprint density at radius 1 is 1.31 bits per heavy atom. The molecule has 4 aliphatic rings. The molecule has 9 nitrogen and oxygen atoms in total. The van der Waals surface area contributed by atoms with Crippen LogP contribution in [0, 0.1) is 17.2 Å². The predicted octanol–water partition coefficient (Wildman–Crippen LogP) is 2.05. The Hall–Kier alpha value is -2.22. The van der Waals surface area contributed by atoms with Gasteiger partial charge in [-0.15, -0.1) is 11.3 Å². The number of aromatic nitrogens is 1. The number of sulfonamides is 1. The lowest BCUT2D eigenvalue weighted by Gasteiger charge is -2.32. The molecule has 3 unspecified atom stereocenters. The number of aliphatic hydroxyl groups is 1. The maximum atomic E-state index is 13.3. The number of hydrogen-bond donors (Lipinski definition) is 4. The fourth-order valence-corrected chi connectivity index (χ4v) is 8.20. The van der Waals surface area contributed by atoms with Crippen molar-refractivity contribution in [3.8, 4) is 0 Å². The van der Waals surface area contributed by atoms with Gasteiger partial charge in [0, 0.05) is 48.1 Å². The van der Waals surface area contributed by atoms with Crippen LogP contribution in [-0.4, -0.2) is 72.0 Å². The zero-order valence-electron chi connectivity index (χ0n) is 18.9. The zero-order chi connectivity index (χ0) is 24.7. The second-order valence-electron chi connectivity index (χ2n) is 9.47. The lowest BCUT2D eigenvalue weighted by molar-refractivity contribution is 0.0616. The molecule has 0 spiro atoms. The number of halogens is 2. The molecule has 35 heavy (non-hydrogen) atoms. The van der Waals surface area contributed by atoms with Crippen LogP contribution in [0.25, 0.3) is 0 Å². The Balaban J connectivity index is 1.36. The summed E-state index contributed by atoms with van der Waals surface area (Å²) in [6.07, 6.45) is 6.60. The molecule has 1 aromatic rings. The topological polar surface area (TPSA) is 131 Å². The van der Waals surface area contributed by atoms with Gasteiger partial charge in [-0.25, -0.2) is 18.1 Å². The van der Waals surface area contributed by atoms with E-state index in [-0.39, 0.29) is 24.1 Å². The summed E-state index contributed by atoms with van der Waals surface area (Å²) >= 11 is 1.42. The number of hydrogen-bond acceptors (Lipinski definition) is 9. The zero-order valence-corrected chi connectivity index (χ0v) is 20.5. The maximum absolute atomic E-state index is 13.3. The van der Waals surface area contributed by atoms with Crippen LogP contribution in [0.2, 0.25) is 0 Å². The van der Waals surface area contributed by atoms with Crippen molar-refractivity contribution >= 4 is 32.9 Å². The van der Waals surface area contributed by atoms with E-state index in [0.29, 0.717) is 42.2 Å². The van der Waals surface area contributed by atoms with E-state index in [4.69, 9.17) is 5.41 Å². The number of rotatable bonds is 8. The second-order valence-corrected chi connectivity index (χ2v) is 12.4. The summed E-state index contributed by atoms with van der Waals surface area (Å²) in [6.45, 7) is -2.21. The van der Waals surface area contributed by atoms with E-state index in [1.807, 2.05) is 15.6 Å². The molecule has 2 saturated carbocycles. The third-order valence-electron chi connectivity index (χ3n) is 7.36. The quantitative estimate of drug-likeness (QED) is 0.303. The van der Waals surface area contributed by atoms with Gasteiger partial charge in [-0.05, 0) is 43.6 Å². The lowest BCUT2D eigenvalue weighted by Crippen LogP contribution is -2.46. The molecule has 0 aromatic carbocycles. The van der Waals surface area contributed by atoms with E-state index in [0.717, 1.165) is 24.7 Å². The molecule has 1 saturated heterocycles. The molecule has 0 radical (unpaired) electrons. The number of allylic oxidation sites excluding steroid dienone is 1. The van der Waals surface area contributed by atoms with Crippen LogP contribution in [0.4, 0.5) is 8.78 Å². The summed E-state index contributed by atoms with van der Waals surface area (Å²) < 4.78 is 54.4. The Bertz CT molecular complexity index is 1150. The van der Waals surface area contributed by atoms with Gasteiger partial charge >= 0.3 is 6.55 Å². The Labute approximate surface area is 206 Å². The normalized spacial score (nSPS) is 30.8. The van der Waals surface area contributed by atoms with Gasteiger partial charge in [-0.3, -0.25) is 4.99 Å². The molecular formula is C22H28F2N6O3S2. The minimum Gasteiger partial charge on any atom is -0.393 e. The first-order valence-corrected chi connectivity index (χ1v) is 14.1. The number of nitrogens with zero attached hydrogens (tertiary/aromatic N) is 3. The molecule has 190 valence electrons. The molecule has 3 heterocycles. The summed E-state index contributed by atoms with van der Waals surface area (Å²) in [4.78, 5) is 10.8. The number of amidine groups is 1. The molecule has 1 aromatic heterocycles. The molecule has 4 N–H and O–H groups in total. The van der Waals surface area contributed by atoms with E-state index < -0.39 is 34.0 Å². The van der Waals surface area contributed by atoms with E-state index >= 15 is 0 Å². The number of aliphatic imine (C=N–C) groups is 1. The maximum Gasteiger partial charge on any atom is 0.312 e. The summed E-state index contributed by atoms with van der Waals surface area (Å²) in [5.41, 5.74) is 1.36. The molecule has 2 aliphatic carbocycles. The second kappa shape index (κ2) is 9.68. The predicted molar refractivity (Wildman–Crippen MR) is 129 cm³/mol. The first-order valence-electron chi connectivity index (χ1n) is 11.7. The minimum absolute atomic E-state index is 0.0392. The largest absolute Gasteiger partial charge is 0.393 e. The van der Waals surface area contributed by atoms with Gasteiger partial charge in [0.1, 0.15) is 0 Å². The lowest BCUT2D eigenvalue weighted by atomic mass is 9.86. The molecule has 3 fully saturated rings. The van der Waals surface area contributed by atoms with Crippen LogP contribution in [0.5, 0.6) is 0 Å². The highest BCUT2D eigenvalue weighted by molar-refractivity contribution is 7.90. The molecular weight excluding hydrogens is 498 g/mol. The average Bonchev–Trinajstić information content (AvgIpc) is 3.50. The number of fused-ring (bicyclic) bond motifs is 3. The first-order chi connectivity index (χ1) is 16.7. The summed E-state index contributed by atoms with van der Waals surface area (Å²) in [7, 11) is -3.62. The van der Waals surface area contributed by atoms with Gasteiger partial charge in [0.2, 0.25) is 10.0 Å². The van der Waals surface area contributed by atoms with Crippen molar-refractivity contribution in [2.75, 3.05) is 13.1 Å². The van der Waals surface area contributed by atoms with Crippen LogP contribution in [0.15, 0.2) is 40.1 Å². The smallest absolute Gasteiger partial charge is 0.312 e. The Morgan fingerprint density at radius 2 is 2.06 bits per heavy atom. The average molecular weight is 527 g/mol. The van der Waals surface area contributed by atoms with Crippen molar-refractivity contribution in [2.45, 2.75) is 56.0 Å². The van der Waals surface area contributed by atoms with E-state index in [2.05, 4.69) is 14.7 Å². The van der Waals surface area contributed by atoms with E-state index in [1.54, 1.807) is 6.20 Å². The van der Waals surface area contributed by atoms with E-state index in [9.17, 15) is 22.3 Å². The van der Waals surface area contributed by atoms with Crippen molar-refractivity contribution in [3.05, 3.63) is 40.1 Å². The molecule has 5 rings (SSSR count). The van der Waals surface area contributed by atoms with Crippen molar-refractivity contribution in [1.82, 2.24) is 19.9 Å². The highest BCUT2D eigenvalue weighted by atomic mass is 32.2. The van der Waals surface area contributed by atoms with Crippen molar-refractivity contribution in [1.29, 1.82) is 5.41 Å². The van der Waals surface area contributed by atoms with Gasteiger partial charge in [0.05, 0.1) is 23.6 Å². The number of alkyl halides is 2. The van der Waals surface area contributed by atoms with Gasteiger partial charge in [-0.2, -0.15) is 8.78 Å². The van der Waals surface area contributed by atoms with Crippen LogP contribution in [0.3, 0.4) is 0 Å². The van der Waals surface area contributed by atoms with Gasteiger partial charge in [0.15, 0.2) is 10.8 Å². The third-order valence-corrected chi connectivity index (χ3v) is 10.0. The Kier molecular flexibility index (Phi) is 6.77. The Morgan fingerprint density at radius 3 is 2.71 bits per heavy atom. The fourth-order valence-electron chi connectivity index (χ4n) is 5.73. The summed E-state index contributed by atoms with van der Waals surface area (Å²) in [6, 6.07) is -0.422.